The number of pyridine rings is 1. The van der Waals surface area contributed by atoms with Gasteiger partial charge in [-0.1, -0.05) is 0 Å². The molecule has 0 aliphatic rings. The van der Waals surface area contributed by atoms with E-state index in [4.69, 9.17) is 5.11 Å². The number of benzene rings is 1. The van der Waals surface area contributed by atoms with Gasteiger partial charge in [-0.2, -0.15) is 5.10 Å². The number of nitrogens with zero attached hydrogens (tertiary/aromatic N) is 3. The molecule has 0 saturated carbocycles. The molecule has 0 fully saturated rings. The predicted molar refractivity (Wildman–Crippen MR) is 89.0 cm³/mol. The fourth-order valence-electron chi connectivity index (χ4n) is 3.07. The minimum atomic E-state index is -0.826. The molecule has 0 aliphatic carbocycles. The Hall–Kier alpha value is -2.76. The molecule has 3 aromatic rings. The van der Waals surface area contributed by atoms with Gasteiger partial charge in [0.1, 0.15) is 5.82 Å². The van der Waals surface area contributed by atoms with Crippen LogP contribution in [-0.4, -0.2) is 25.8 Å². The number of rotatable bonds is 4. The molecule has 0 atom stereocenters. The minimum absolute atomic E-state index is 0.0695. The first-order valence-corrected chi connectivity index (χ1v) is 7.71. The Balaban J connectivity index is 2.18. The van der Waals surface area contributed by atoms with Crippen molar-refractivity contribution in [3.63, 3.8) is 0 Å². The first-order valence-electron chi connectivity index (χ1n) is 7.71. The summed E-state index contributed by atoms with van der Waals surface area (Å²) in [7, 11) is 0. The highest BCUT2D eigenvalue weighted by Gasteiger charge is 2.18. The van der Waals surface area contributed by atoms with Crippen molar-refractivity contribution < 1.29 is 14.3 Å². The van der Waals surface area contributed by atoms with Gasteiger partial charge in [0, 0.05) is 17.5 Å². The van der Waals surface area contributed by atoms with Crippen LogP contribution in [0.15, 0.2) is 24.3 Å². The zero-order valence-electron chi connectivity index (χ0n) is 13.8. The molecular formula is C18H18FN3O2. The van der Waals surface area contributed by atoms with Crippen LogP contribution < -0.4 is 0 Å². The molecule has 0 amide bonds. The summed E-state index contributed by atoms with van der Waals surface area (Å²) in [6.07, 6.45) is 0.511. The second-order valence-electron chi connectivity index (χ2n) is 5.87. The van der Waals surface area contributed by atoms with E-state index in [1.54, 1.807) is 16.8 Å². The minimum Gasteiger partial charge on any atom is -0.481 e. The van der Waals surface area contributed by atoms with Crippen molar-refractivity contribution in [2.45, 2.75) is 33.6 Å². The first-order chi connectivity index (χ1) is 11.4. The maximum absolute atomic E-state index is 13.2. The molecule has 6 heteroatoms. The van der Waals surface area contributed by atoms with Crippen LogP contribution in [0.2, 0.25) is 0 Å². The van der Waals surface area contributed by atoms with Gasteiger partial charge >= 0.3 is 5.97 Å². The van der Waals surface area contributed by atoms with Crippen molar-refractivity contribution in [2.24, 2.45) is 0 Å². The molecule has 3 rings (SSSR count). The number of halogens is 1. The number of carboxylic acid groups (broad SMARTS) is 1. The SMILES string of the molecule is Cc1nc2c(c(C)nn2-c2ccc(F)cc2)c(C)c1CCC(=O)O. The lowest BCUT2D eigenvalue weighted by Crippen LogP contribution is -2.05. The molecular weight excluding hydrogens is 309 g/mol. The summed E-state index contributed by atoms with van der Waals surface area (Å²) in [5, 5.41) is 14.4. The van der Waals surface area contributed by atoms with E-state index in [-0.39, 0.29) is 12.2 Å². The molecule has 0 aliphatic heterocycles. The van der Waals surface area contributed by atoms with Crippen LogP contribution in [0.4, 0.5) is 4.39 Å². The van der Waals surface area contributed by atoms with Gasteiger partial charge in [-0.3, -0.25) is 4.79 Å². The molecule has 0 radical (unpaired) electrons. The average molecular weight is 327 g/mol. The summed E-state index contributed by atoms with van der Waals surface area (Å²) in [5.74, 6) is -1.13. The number of fused-ring (bicyclic) bond motifs is 1. The van der Waals surface area contributed by atoms with Gasteiger partial charge in [0.2, 0.25) is 0 Å². The quantitative estimate of drug-likeness (QED) is 0.796. The molecule has 2 heterocycles. The topological polar surface area (TPSA) is 68.0 Å². The molecule has 0 unspecified atom stereocenters. The van der Waals surface area contributed by atoms with E-state index in [1.165, 1.54) is 12.1 Å². The second-order valence-corrected chi connectivity index (χ2v) is 5.87. The van der Waals surface area contributed by atoms with Gasteiger partial charge in [0.05, 0.1) is 11.4 Å². The van der Waals surface area contributed by atoms with Gasteiger partial charge in [-0.15, -0.1) is 0 Å². The number of carboxylic acids is 1. The van der Waals surface area contributed by atoms with Crippen molar-refractivity contribution in [3.8, 4) is 5.69 Å². The van der Waals surface area contributed by atoms with Crippen LogP contribution in [0.5, 0.6) is 0 Å². The van der Waals surface area contributed by atoms with E-state index in [0.717, 1.165) is 33.6 Å². The molecule has 2 aromatic heterocycles. The van der Waals surface area contributed by atoms with E-state index in [0.29, 0.717) is 12.1 Å². The van der Waals surface area contributed by atoms with Gasteiger partial charge in [0.25, 0.3) is 0 Å². The monoisotopic (exact) mass is 327 g/mol. The lowest BCUT2D eigenvalue weighted by Gasteiger charge is -2.11. The fourth-order valence-corrected chi connectivity index (χ4v) is 3.07. The highest BCUT2D eigenvalue weighted by molar-refractivity contribution is 5.85. The maximum atomic E-state index is 13.2. The zero-order valence-corrected chi connectivity index (χ0v) is 13.8. The molecule has 5 nitrogen and oxygen atoms in total. The van der Waals surface area contributed by atoms with E-state index < -0.39 is 5.97 Å². The summed E-state index contributed by atoms with van der Waals surface area (Å²) >= 11 is 0. The van der Waals surface area contributed by atoms with Crippen LogP contribution in [-0.2, 0) is 11.2 Å². The predicted octanol–water partition coefficient (Wildman–Crippen LogP) is 3.50. The van der Waals surface area contributed by atoms with Gasteiger partial charge in [-0.05, 0) is 62.6 Å². The summed E-state index contributed by atoms with van der Waals surface area (Å²) in [4.78, 5) is 15.5. The average Bonchev–Trinajstić information content (AvgIpc) is 2.84. The number of aryl methyl sites for hydroxylation is 3. The van der Waals surface area contributed by atoms with Crippen molar-refractivity contribution in [3.05, 3.63) is 52.6 Å². The molecule has 0 spiro atoms. The fraction of sp³-hybridized carbons (Fsp3) is 0.278. The molecule has 24 heavy (non-hydrogen) atoms. The number of aliphatic carboxylic acids is 1. The summed E-state index contributed by atoms with van der Waals surface area (Å²) in [6, 6.07) is 6.09. The van der Waals surface area contributed by atoms with E-state index in [2.05, 4.69) is 10.1 Å². The highest BCUT2D eigenvalue weighted by atomic mass is 19.1. The number of hydrogen-bond donors (Lipinski definition) is 1. The Labute approximate surface area is 138 Å². The lowest BCUT2D eigenvalue weighted by molar-refractivity contribution is -0.136. The normalized spacial score (nSPS) is 11.2. The van der Waals surface area contributed by atoms with Crippen molar-refractivity contribution >= 4 is 17.0 Å². The van der Waals surface area contributed by atoms with Crippen molar-refractivity contribution in [1.82, 2.24) is 14.8 Å². The van der Waals surface area contributed by atoms with Gasteiger partial charge in [-0.25, -0.2) is 14.1 Å². The number of aromatic nitrogens is 3. The third-order valence-electron chi connectivity index (χ3n) is 4.23. The Morgan fingerprint density at radius 3 is 2.46 bits per heavy atom. The van der Waals surface area contributed by atoms with Crippen LogP contribution in [0.25, 0.3) is 16.7 Å². The van der Waals surface area contributed by atoms with Gasteiger partial charge in [0.15, 0.2) is 5.65 Å². The Morgan fingerprint density at radius 1 is 1.17 bits per heavy atom. The summed E-state index contributed by atoms with van der Waals surface area (Å²) in [5.41, 5.74) is 5.00. The van der Waals surface area contributed by atoms with Crippen LogP contribution in [0.1, 0.15) is 28.9 Å². The highest BCUT2D eigenvalue weighted by Crippen LogP contribution is 2.28. The summed E-state index contributed by atoms with van der Waals surface area (Å²) < 4.78 is 14.9. The van der Waals surface area contributed by atoms with Crippen LogP contribution in [0.3, 0.4) is 0 Å². The van der Waals surface area contributed by atoms with Crippen molar-refractivity contribution in [1.29, 1.82) is 0 Å². The Morgan fingerprint density at radius 2 is 1.83 bits per heavy atom. The van der Waals surface area contributed by atoms with Crippen molar-refractivity contribution in [2.75, 3.05) is 0 Å². The molecule has 0 bridgehead atoms. The maximum Gasteiger partial charge on any atom is 0.303 e. The third kappa shape index (κ3) is 2.75. The molecule has 1 N–H and O–H groups in total. The Bertz CT molecular complexity index is 930. The molecule has 0 saturated heterocycles. The number of carbonyl (C=O) groups is 1. The molecule has 1 aromatic carbocycles. The Kier molecular flexibility index (Phi) is 4.05. The lowest BCUT2D eigenvalue weighted by atomic mass is 9.99. The number of hydrogen-bond acceptors (Lipinski definition) is 3. The standard InChI is InChI=1S/C18H18FN3O2/c1-10-15(8-9-16(23)24)11(2)20-18-17(10)12(3)21-22(18)14-6-4-13(19)5-7-14/h4-7H,8-9H2,1-3H3,(H,23,24). The summed E-state index contributed by atoms with van der Waals surface area (Å²) in [6.45, 7) is 5.74. The van der Waals surface area contributed by atoms with Crippen LogP contribution in [0, 0.1) is 26.6 Å². The van der Waals surface area contributed by atoms with E-state index >= 15 is 0 Å². The van der Waals surface area contributed by atoms with Crippen LogP contribution >= 0.6 is 0 Å². The zero-order chi connectivity index (χ0) is 17.4. The first kappa shape index (κ1) is 16.1. The third-order valence-corrected chi connectivity index (χ3v) is 4.23. The van der Waals surface area contributed by atoms with E-state index in [9.17, 15) is 9.18 Å². The molecule has 124 valence electrons. The van der Waals surface area contributed by atoms with Gasteiger partial charge < -0.3 is 5.11 Å². The smallest absolute Gasteiger partial charge is 0.303 e. The van der Waals surface area contributed by atoms with E-state index in [1.807, 2.05) is 20.8 Å². The largest absolute Gasteiger partial charge is 0.481 e. The second kappa shape index (κ2) is 6.03.